The first-order valence-corrected chi connectivity index (χ1v) is 10.3. The number of amides is 1. The van der Waals surface area contributed by atoms with Gasteiger partial charge in [0.05, 0.1) is 0 Å². The Bertz CT molecular complexity index is 882. The Morgan fingerprint density at radius 2 is 1.96 bits per heavy atom. The molecule has 2 heterocycles. The fraction of sp³-hybridized carbons (Fsp3) is 0.529. The number of fused-ring (bicyclic) bond motifs is 2. The molecule has 2 N–H and O–H groups in total. The Morgan fingerprint density at radius 3 is 2.58 bits per heavy atom. The number of aryl methyl sites for hydroxylation is 1. The number of halogens is 3. The third-order valence-corrected chi connectivity index (χ3v) is 6.61. The first kappa shape index (κ1) is 17.7. The van der Waals surface area contributed by atoms with Crippen LogP contribution in [0.5, 0.6) is 0 Å². The van der Waals surface area contributed by atoms with Gasteiger partial charge in [0.15, 0.2) is 0 Å². The van der Waals surface area contributed by atoms with E-state index in [0.29, 0.717) is 22.9 Å². The molecule has 2 unspecified atom stereocenters. The molecule has 26 heavy (non-hydrogen) atoms. The number of para-hydroxylation sites is 1. The monoisotopic (exact) mass is 386 g/mol. The zero-order valence-electron chi connectivity index (χ0n) is 14.8. The van der Waals surface area contributed by atoms with E-state index in [9.17, 15) is 17.4 Å². The van der Waals surface area contributed by atoms with Crippen LogP contribution in [0.1, 0.15) is 19.5 Å². The molecule has 9 heteroatoms. The average molecular weight is 386 g/mol. The number of nitrogens with one attached hydrogen (secondary N) is 2. The van der Waals surface area contributed by atoms with E-state index in [2.05, 4.69) is 15.7 Å². The molecule has 1 saturated heterocycles. The number of carbonyl (C=O) groups excluding carboxylic acids is 1. The molecular weight excluding hydrogens is 364 g/mol. The average Bonchev–Trinajstić information content (AvgIpc) is 2.88. The van der Waals surface area contributed by atoms with Crippen molar-refractivity contribution in [3.63, 3.8) is 0 Å². The van der Waals surface area contributed by atoms with Gasteiger partial charge in [0, 0.05) is 0 Å². The van der Waals surface area contributed by atoms with Crippen molar-refractivity contribution in [2.24, 2.45) is 24.8 Å². The van der Waals surface area contributed by atoms with E-state index < -0.39 is 19.0 Å². The molecule has 1 amide bonds. The van der Waals surface area contributed by atoms with Crippen molar-refractivity contribution in [3.8, 4) is 0 Å². The molecule has 1 aromatic carbocycles. The second kappa shape index (κ2) is 5.67. The van der Waals surface area contributed by atoms with Crippen LogP contribution < -0.4 is 15.9 Å². The summed E-state index contributed by atoms with van der Waals surface area (Å²) in [5.41, 5.74) is -0.295. The van der Waals surface area contributed by atoms with Crippen LogP contribution in [0.2, 0.25) is 0 Å². The van der Waals surface area contributed by atoms with E-state index in [1.54, 1.807) is 19.9 Å². The van der Waals surface area contributed by atoms with E-state index in [1.807, 2.05) is 0 Å². The van der Waals surface area contributed by atoms with E-state index >= 15 is 0 Å². The van der Waals surface area contributed by atoms with Crippen molar-refractivity contribution in [2.45, 2.75) is 19.4 Å². The fourth-order valence-electron chi connectivity index (χ4n) is 4.29. The Morgan fingerprint density at radius 1 is 1.31 bits per heavy atom. The summed E-state index contributed by atoms with van der Waals surface area (Å²) in [7, 11) is -4.47. The number of benzene rings is 1. The summed E-state index contributed by atoms with van der Waals surface area (Å²) in [6, 6.07) is 4.17. The van der Waals surface area contributed by atoms with Gasteiger partial charge in [-0.15, -0.1) is 0 Å². The van der Waals surface area contributed by atoms with E-state index in [4.69, 9.17) is 0 Å². The Labute approximate surface area is 150 Å². The quantitative estimate of drug-likeness (QED) is 0.794. The standard InChI is InChI=1S/C17H22F3N4OP/c1-17(2,22-16(25)13-10-7-21-8-11(10)13)15-9-5-4-6-12(26(18,19)20)14(9)24(3)23-15/h4-6,10-11,13,21,26H,7-8H2,1-3H3,(H,22,25). The first-order chi connectivity index (χ1) is 12.1. The first-order valence-electron chi connectivity index (χ1n) is 8.67. The maximum absolute atomic E-state index is 13.5. The number of carbonyl (C=O) groups is 1. The molecule has 0 bridgehead atoms. The molecule has 0 radical (unpaired) electrons. The second-order valence-corrected chi connectivity index (χ2v) is 9.33. The second-order valence-electron chi connectivity index (χ2n) is 7.80. The molecule has 4 rings (SSSR count). The minimum absolute atomic E-state index is 0.00337. The van der Waals surface area contributed by atoms with E-state index in [1.165, 1.54) is 17.8 Å². The van der Waals surface area contributed by atoms with Crippen molar-refractivity contribution in [2.75, 3.05) is 13.1 Å². The van der Waals surface area contributed by atoms with Crippen LogP contribution in [0.4, 0.5) is 12.6 Å². The summed E-state index contributed by atoms with van der Waals surface area (Å²) in [6.07, 6.45) is 0. The van der Waals surface area contributed by atoms with Gasteiger partial charge in [0.25, 0.3) is 0 Å². The van der Waals surface area contributed by atoms with Gasteiger partial charge in [-0.05, 0) is 0 Å². The molecule has 1 aliphatic heterocycles. The van der Waals surface area contributed by atoms with Crippen molar-refractivity contribution in [3.05, 3.63) is 23.9 Å². The summed E-state index contributed by atoms with van der Waals surface area (Å²) in [6.45, 7) is 5.30. The van der Waals surface area contributed by atoms with Gasteiger partial charge in [-0.3, -0.25) is 0 Å². The maximum atomic E-state index is 13.5. The third kappa shape index (κ3) is 2.70. The Hall–Kier alpha value is -1.66. The van der Waals surface area contributed by atoms with Crippen LogP contribution >= 0.6 is 8.19 Å². The summed E-state index contributed by atoms with van der Waals surface area (Å²) >= 11 is 0. The van der Waals surface area contributed by atoms with Crippen LogP contribution in [0.25, 0.3) is 10.9 Å². The van der Waals surface area contributed by atoms with Crippen LogP contribution in [0.15, 0.2) is 18.2 Å². The summed E-state index contributed by atoms with van der Waals surface area (Å²) in [4.78, 5) is 12.6. The van der Waals surface area contributed by atoms with Gasteiger partial charge in [-0.1, -0.05) is 0 Å². The number of nitrogens with zero attached hydrogens (tertiary/aromatic N) is 2. The molecule has 2 atom stereocenters. The zero-order valence-corrected chi connectivity index (χ0v) is 15.8. The minimum atomic E-state index is -5.99. The van der Waals surface area contributed by atoms with Gasteiger partial charge >= 0.3 is 149 Å². The topological polar surface area (TPSA) is 59.0 Å². The molecule has 1 saturated carbocycles. The third-order valence-electron chi connectivity index (χ3n) is 5.59. The summed E-state index contributed by atoms with van der Waals surface area (Å²) in [5, 5.41) is 10.5. The van der Waals surface area contributed by atoms with Gasteiger partial charge in [0.2, 0.25) is 0 Å². The normalized spacial score (nSPS) is 26.0. The molecule has 0 spiro atoms. The fourth-order valence-corrected chi connectivity index (χ4v) is 5.14. The zero-order chi connectivity index (χ0) is 18.9. The van der Waals surface area contributed by atoms with Gasteiger partial charge < -0.3 is 0 Å². The van der Waals surface area contributed by atoms with Crippen molar-refractivity contribution < 1.29 is 17.4 Å². The van der Waals surface area contributed by atoms with Crippen LogP contribution in [-0.2, 0) is 17.4 Å². The van der Waals surface area contributed by atoms with Gasteiger partial charge in [-0.2, -0.15) is 0 Å². The van der Waals surface area contributed by atoms with Crippen molar-refractivity contribution >= 4 is 30.3 Å². The number of rotatable bonds is 4. The number of aromatic nitrogens is 2. The molecule has 2 aromatic rings. The predicted molar refractivity (Wildman–Crippen MR) is 96.5 cm³/mol. The van der Waals surface area contributed by atoms with Crippen molar-refractivity contribution in [1.82, 2.24) is 20.4 Å². The van der Waals surface area contributed by atoms with Crippen LogP contribution in [0, 0.1) is 17.8 Å². The Balaban J connectivity index is 1.68. The summed E-state index contributed by atoms with van der Waals surface area (Å²) < 4.78 is 41.7. The SMILES string of the molecule is Cn1nc(C(C)(C)NC(=O)C2C3CNCC32)c2cccc([PH](F)(F)F)c21. The molecule has 1 aromatic heterocycles. The van der Waals surface area contributed by atoms with E-state index in [0.717, 1.165) is 19.2 Å². The van der Waals surface area contributed by atoms with Gasteiger partial charge in [-0.25, -0.2) is 0 Å². The number of hydrogen-bond acceptors (Lipinski definition) is 3. The number of piperidine rings is 1. The molecule has 5 nitrogen and oxygen atoms in total. The molecule has 2 aliphatic rings. The van der Waals surface area contributed by atoms with Crippen molar-refractivity contribution in [1.29, 1.82) is 0 Å². The molecule has 1 aliphatic carbocycles. The van der Waals surface area contributed by atoms with E-state index in [-0.39, 0.29) is 17.3 Å². The van der Waals surface area contributed by atoms with Crippen LogP contribution in [0.3, 0.4) is 0 Å². The van der Waals surface area contributed by atoms with Gasteiger partial charge in [0.1, 0.15) is 0 Å². The molecule has 2 fully saturated rings. The predicted octanol–water partition coefficient (Wildman–Crippen LogP) is 2.42. The number of hydrogen-bond donors (Lipinski definition) is 2. The molecule has 142 valence electrons. The summed E-state index contributed by atoms with van der Waals surface area (Å²) in [5.74, 6) is 0.735. The van der Waals surface area contributed by atoms with Crippen LogP contribution in [-0.4, -0.2) is 28.8 Å². The Kier molecular flexibility index (Phi) is 3.87. The molecular formula is C17H22F3N4OP.